The molecular formula is C21H26N2O6. The number of benzene rings is 1. The molecule has 1 aromatic rings. The van der Waals surface area contributed by atoms with Gasteiger partial charge in [-0.25, -0.2) is 4.79 Å². The second-order valence-electron chi connectivity index (χ2n) is 7.46. The van der Waals surface area contributed by atoms with Crippen molar-refractivity contribution in [2.24, 2.45) is 0 Å². The van der Waals surface area contributed by atoms with E-state index in [-0.39, 0.29) is 29.1 Å². The molecule has 0 unspecified atom stereocenters. The molecule has 2 aliphatic rings. The van der Waals surface area contributed by atoms with Gasteiger partial charge < -0.3 is 14.8 Å². The molecule has 1 fully saturated rings. The van der Waals surface area contributed by atoms with E-state index in [2.05, 4.69) is 5.32 Å². The fourth-order valence-corrected chi connectivity index (χ4v) is 4.02. The highest BCUT2D eigenvalue weighted by atomic mass is 16.5. The molecule has 156 valence electrons. The van der Waals surface area contributed by atoms with E-state index in [0.29, 0.717) is 25.9 Å². The van der Waals surface area contributed by atoms with Crippen LogP contribution in [0.15, 0.2) is 18.2 Å². The summed E-state index contributed by atoms with van der Waals surface area (Å²) in [4.78, 5) is 51.5. The van der Waals surface area contributed by atoms with Gasteiger partial charge >= 0.3 is 5.97 Å². The van der Waals surface area contributed by atoms with Gasteiger partial charge in [-0.1, -0.05) is 19.3 Å². The fraction of sp³-hybridized carbons (Fsp3) is 0.524. The quantitative estimate of drug-likeness (QED) is 0.425. The molecule has 1 saturated carbocycles. The van der Waals surface area contributed by atoms with Gasteiger partial charge in [-0.2, -0.15) is 0 Å². The van der Waals surface area contributed by atoms with Crippen LogP contribution in [-0.2, 0) is 14.3 Å². The smallest absolute Gasteiger partial charge is 0.331 e. The number of hydrogen-bond acceptors (Lipinski definition) is 6. The monoisotopic (exact) mass is 402 g/mol. The van der Waals surface area contributed by atoms with Crippen LogP contribution in [0.1, 0.15) is 69.6 Å². The zero-order valence-electron chi connectivity index (χ0n) is 16.8. The number of ether oxygens (including phenoxy) is 2. The van der Waals surface area contributed by atoms with Crippen LogP contribution >= 0.6 is 0 Å². The Morgan fingerprint density at radius 2 is 1.76 bits per heavy atom. The van der Waals surface area contributed by atoms with E-state index in [9.17, 15) is 19.2 Å². The second kappa shape index (κ2) is 8.73. The summed E-state index contributed by atoms with van der Waals surface area (Å²) in [6.45, 7) is 0.698. The van der Waals surface area contributed by atoms with Crippen LogP contribution in [-0.4, -0.2) is 61.5 Å². The molecule has 3 amide bonds. The Hall–Kier alpha value is -2.74. The molecule has 0 aromatic heterocycles. The third-order valence-corrected chi connectivity index (χ3v) is 5.60. The molecule has 1 heterocycles. The highest BCUT2D eigenvalue weighted by molar-refractivity contribution is 6.22. The van der Waals surface area contributed by atoms with Gasteiger partial charge in [-0.15, -0.1) is 0 Å². The van der Waals surface area contributed by atoms with Crippen molar-refractivity contribution in [2.45, 2.75) is 44.1 Å². The highest BCUT2D eigenvalue weighted by Crippen LogP contribution is 2.30. The van der Waals surface area contributed by atoms with Crippen molar-refractivity contribution < 1.29 is 28.7 Å². The number of fused-ring (bicyclic) bond motifs is 1. The van der Waals surface area contributed by atoms with Crippen molar-refractivity contribution in [3.05, 3.63) is 34.9 Å². The summed E-state index contributed by atoms with van der Waals surface area (Å²) in [6, 6.07) is 4.42. The zero-order valence-corrected chi connectivity index (χ0v) is 16.8. The average Bonchev–Trinajstić information content (AvgIpc) is 2.98. The second-order valence-corrected chi connectivity index (χ2v) is 7.46. The standard InChI is InChI=1S/C21H26N2O6/c1-28-12-6-11-23-18(25)15-8-7-14(13-16(15)19(23)26)17(24)22-21(20(27)29-2)9-4-3-5-10-21/h7-8,13H,3-6,9-12H2,1-2H3,(H,22,24). The minimum Gasteiger partial charge on any atom is -0.467 e. The molecule has 29 heavy (non-hydrogen) atoms. The van der Waals surface area contributed by atoms with Gasteiger partial charge in [-0.3, -0.25) is 19.3 Å². The summed E-state index contributed by atoms with van der Waals surface area (Å²) in [5.74, 6) is -1.71. The maximum atomic E-state index is 12.9. The van der Waals surface area contributed by atoms with Gasteiger partial charge in [0.1, 0.15) is 5.54 Å². The molecule has 0 radical (unpaired) electrons. The van der Waals surface area contributed by atoms with E-state index >= 15 is 0 Å². The lowest BCUT2D eigenvalue weighted by Crippen LogP contribution is -2.56. The molecule has 8 nitrogen and oxygen atoms in total. The van der Waals surface area contributed by atoms with E-state index in [1.54, 1.807) is 7.11 Å². The molecule has 0 spiro atoms. The predicted molar refractivity (Wildman–Crippen MR) is 104 cm³/mol. The Morgan fingerprint density at radius 3 is 2.41 bits per heavy atom. The summed E-state index contributed by atoms with van der Waals surface area (Å²) < 4.78 is 9.90. The average molecular weight is 402 g/mol. The number of esters is 1. The lowest BCUT2D eigenvalue weighted by atomic mass is 9.81. The first kappa shape index (κ1) is 21.0. The minimum atomic E-state index is -1.05. The van der Waals surface area contributed by atoms with Gasteiger partial charge in [0.15, 0.2) is 0 Å². The molecule has 0 atom stereocenters. The topological polar surface area (TPSA) is 102 Å². The number of methoxy groups -OCH3 is 2. The van der Waals surface area contributed by atoms with Crippen molar-refractivity contribution in [1.82, 2.24) is 10.2 Å². The first-order valence-corrected chi connectivity index (χ1v) is 9.83. The van der Waals surface area contributed by atoms with E-state index in [1.165, 1.54) is 30.2 Å². The number of carbonyl (C=O) groups is 4. The number of amides is 3. The Morgan fingerprint density at radius 1 is 1.07 bits per heavy atom. The van der Waals surface area contributed by atoms with Crippen LogP contribution in [0.4, 0.5) is 0 Å². The lowest BCUT2D eigenvalue weighted by molar-refractivity contribution is -0.149. The fourth-order valence-electron chi connectivity index (χ4n) is 4.02. The SMILES string of the molecule is COCCCN1C(=O)c2ccc(C(=O)NC3(C(=O)OC)CCCCC3)cc2C1=O. The molecule has 0 bridgehead atoms. The van der Waals surface area contributed by atoms with Crippen molar-refractivity contribution in [3.63, 3.8) is 0 Å². The maximum Gasteiger partial charge on any atom is 0.331 e. The van der Waals surface area contributed by atoms with Crippen LogP contribution in [0.25, 0.3) is 0 Å². The number of rotatable bonds is 7. The third-order valence-electron chi connectivity index (χ3n) is 5.60. The summed E-state index contributed by atoms with van der Waals surface area (Å²) in [5.41, 5.74) is -0.326. The van der Waals surface area contributed by atoms with Crippen LogP contribution in [0, 0.1) is 0 Å². The van der Waals surface area contributed by atoms with Gasteiger partial charge in [-0.05, 0) is 37.5 Å². The zero-order chi connectivity index (χ0) is 21.0. The Bertz CT molecular complexity index is 828. The molecule has 3 rings (SSSR count). The van der Waals surface area contributed by atoms with Crippen LogP contribution < -0.4 is 5.32 Å². The number of carbonyl (C=O) groups excluding carboxylic acids is 4. The molecule has 1 N–H and O–H groups in total. The molecule has 8 heteroatoms. The van der Waals surface area contributed by atoms with Crippen LogP contribution in [0.3, 0.4) is 0 Å². The van der Waals surface area contributed by atoms with E-state index < -0.39 is 23.3 Å². The normalized spacial score (nSPS) is 17.8. The number of nitrogens with zero attached hydrogens (tertiary/aromatic N) is 1. The molecule has 1 aliphatic carbocycles. The van der Waals surface area contributed by atoms with E-state index in [0.717, 1.165) is 19.3 Å². The van der Waals surface area contributed by atoms with Gasteiger partial charge in [0.2, 0.25) is 0 Å². The first-order chi connectivity index (χ1) is 13.9. The first-order valence-electron chi connectivity index (χ1n) is 9.83. The molecule has 1 aliphatic heterocycles. The summed E-state index contributed by atoms with van der Waals surface area (Å²) in [6.07, 6.45) is 4.22. The Balaban J connectivity index is 1.80. The van der Waals surface area contributed by atoms with Crippen molar-refractivity contribution in [2.75, 3.05) is 27.4 Å². The third kappa shape index (κ3) is 4.03. The van der Waals surface area contributed by atoms with Gasteiger partial charge in [0.25, 0.3) is 17.7 Å². The number of imide groups is 1. The highest BCUT2D eigenvalue weighted by Gasteiger charge is 2.42. The van der Waals surface area contributed by atoms with E-state index in [1.807, 2.05) is 0 Å². The van der Waals surface area contributed by atoms with E-state index in [4.69, 9.17) is 9.47 Å². The summed E-state index contributed by atoms with van der Waals surface area (Å²) in [5, 5.41) is 2.83. The molecular weight excluding hydrogens is 376 g/mol. The van der Waals surface area contributed by atoms with Crippen LogP contribution in [0.5, 0.6) is 0 Å². The Labute approximate surface area is 169 Å². The van der Waals surface area contributed by atoms with Gasteiger partial charge in [0, 0.05) is 25.8 Å². The predicted octanol–water partition coefficient (Wildman–Crippen LogP) is 1.92. The van der Waals surface area contributed by atoms with Crippen molar-refractivity contribution in [3.8, 4) is 0 Å². The minimum absolute atomic E-state index is 0.204. The maximum absolute atomic E-state index is 12.9. The summed E-state index contributed by atoms with van der Waals surface area (Å²) in [7, 11) is 2.86. The lowest BCUT2D eigenvalue weighted by Gasteiger charge is -2.35. The van der Waals surface area contributed by atoms with Gasteiger partial charge in [0.05, 0.1) is 18.2 Å². The summed E-state index contributed by atoms with van der Waals surface area (Å²) >= 11 is 0. The van der Waals surface area contributed by atoms with Crippen molar-refractivity contribution in [1.29, 1.82) is 0 Å². The van der Waals surface area contributed by atoms with Crippen molar-refractivity contribution >= 4 is 23.7 Å². The largest absolute Gasteiger partial charge is 0.467 e. The Kier molecular flexibility index (Phi) is 6.32. The number of nitrogens with one attached hydrogen (secondary N) is 1. The molecule has 0 saturated heterocycles. The molecule has 1 aromatic carbocycles. The number of hydrogen-bond donors (Lipinski definition) is 1. The van der Waals surface area contributed by atoms with Crippen LogP contribution in [0.2, 0.25) is 0 Å².